The van der Waals surface area contributed by atoms with Gasteiger partial charge in [0.15, 0.2) is 5.13 Å². The Hall–Kier alpha value is -6.82. The van der Waals surface area contributed by atoms with Gasteiger partial charge in [0, 0.05) is 84.1 Å². The van der Waals surface area contributed by atoms with Crippen LogP contribution in [0.25, 0.3) is 44.0 Å². The summed E-state index contributed by atoms with van der Waals surface area (Å²) in [6.45, 7) is 33.7. The first kappa shape index (κ1) is 49.2. The molecule has 0 saturated carbocycles. The number of para-hydroxylation sites is 1. The number of likely N-dealkylation sites (tertiary alicyclic amines) is 1. The molecule has 3 N–H and O–H groups in total. The Morgan fingerprint density at radius 2 is 1.76 bits per heavy atom. The number of anilines is 3. The van der Waals surface area contributed by atoms with E-state index >= 15 is 0 Å². The molecule has 2 fully saturated rings. The number of fused-ring (bicyclic) bond motifs is 3. The van der Waals surface area contributed by atoms with Crippen LogP contribution in [0.15, 0.2) is 135 Å². The molecule has 0 bridgehead atoms. The van der Waals surface area contributed by atoms with Crippen LogP contribution in [0.5, 0.6) is 0 Å². The lowest BCUT2D eigenvalue weighted by Crippen LogP contribution is -2.41. The SMILES string of the molecule is C=C1CCC(c2nn(C)c3cc(NC(=C)CN4CCC(C)CC4C)ccc23)C(=C)N1.C=Cc1nc(N2CCc3ccnc(C(=C)Nc4nc5ccccc5s4)c3C2)ccc1-c1ccc(CCCC)cc1C. The smallest absolute Gasteiger partial charge is 0.188 e. The number of rotatable bonds is 14. The number of thiazole rings is 1. The molecule has 0 aliphatic carbocycles. The van der Waals surface area contributed by atoms with Gasteiger partial charge in [-0.2, -0.15) is 5.10 Å². The number of unbranched alkanes of at least 4 members (excludes halogenated alkanes) is 1. The molecule has 0 spiro atoms. The topological polar surface area (TPSA) is 99.1 Å². The molecule has 366 valence electrons. The second-order valence-corrected chi connectivity index (χ2v) is 20.9. The van der Waals surface area contributed by atoms with Crippen molar-refractivity contribution in [2.45, 2.75) is 97.6 Å². The average molecular weight is 963 g/mol. The summed E-state index contributed by atoms with van der Waals surface area (Å²) in [5.74, 6) is 1.99. The average Bonchev–Trinajstić information content (AvgIpc) is 3.93. The van der Waals surface area contributed by atoms with Gasteiger partial charge in [-0.25, -0.2) is 9.97 Å². The summed E-state index contributed by atoms with van der Waals surface area (Å²) in [7, 11) is 2.01. The second kappa shape index (κ2) is 21.7. The standard InChI is InChI=1S/C35H35N5S.C25H35N5/c1-5-7-10-25-13-14-27(23(3)21-25)28-15-16-33(38-30(28)6-2)40-20-18-26-17-19-36-34(29(26)22-40)24(4)37-35-39-31-11-8-9-12-32(31)41-35;1-16-11-12-30(19(4)13-16)15-18(3)27-21-8-10-23-24(14-21)29(6)28-25(23)22-9-7-17(2)26-20(22)5/h6,8-9,11-17,19,21H,2,4-5,7,10,18,20,22H2,1,3H3,(H,37,39);8,10,14,16,19,22,26-27H,2-3,5,7,9,11-13,15H2,1,4,6H3. The largest absolute Gasteiger partial charge is 0.363 e. The lowest BCUT2D eigenvalue weighted by molar-refractivity contribution is 0.141. The number of piperidine rings is 2. The molecule has 3 atom stereocenters. The summed E-state index contributed by atoms with van der Waals surface area (Å²) in [5, 5.41) is 17.1. The van der Waals surface area contributed by atoms with Crippen molar-refractivity contribution in [1.82, 2.24) is 34.9 Å². The van der Waals surface area contributed by atoms with Crippen molar-refractivity contribution in [2.75, 3.05) is 35.2 Å². The fourth-order valence-electron chi connectivity index (χ4n) is 10.6. The van der Waals surface area contributed by atoms with Gasteiger partial charge >= 0.3 is 0 Å². The van der Waals surface area contributed by atoms with Gasteiger partial charge in [0.25, 0.3) is 0 Å². The van der Waals surface area contributed by atoms with E-state index in [9.17, 15) is 0 Å². The Balaban J connectivity index is 0.000000185. The molecule has 0 radical (unpaired) electrons. The first-order valence-electron chi connectivity index (χ1n) is 25.4. The maximum Gasteiger partial charge on any atom is 0.188 e. The molecule has 3 unspecified atom stereocenters. The summed E-state index contributed by atoms with van der Waals surface area (Å²) in [5.41, 5.74) is 17.4. The Bertz CT molecular complexity index is 3110. The van der Waals surface area contributed by atoms with E-state index in [1.165, 1.54) is 58.9 Å². The number of pyridine rings is 2. The zero-order valence-electron chi connectivity index (χ0n) is 42.5. The van der Waals surface area contributed by atoms with Crippen molar-refractivity contribution >= 4 is 60.9 Å². The van der Waals surface area contributed by atoms with Gasteiger partial charge in [0.2, 0.25) is 0 Å². The predicted octanol–water partition coefficient (Wildman–Crippen LogP) is 13.8. The van der Waals surface area contributed by atoms with Crippen LogP contribution < -0.4 is 20.9 Å². The summed E-state index contributed by atoms with van der Waals surface area (Å²) in [6.07, 6.45) is 12.7. The molecule has 3 aromatic carbocycles. The quantitative estimate of drug-likeness (QED) is 0.0984. The van der Waals surface area contributed by atoms with Gasteiger partial charge < -0.3 is 20.9 Å². The van der Waals surface area contributed by atoms with Gasteiger partial charge in [-0.1, -0.05) is 94.8 Å². The number of hydrogen-bond acceptors (Lipinski definition) is 10. The highest BCUT2D eigenvalue weighted by atomic mass is 32.1. The third-order valence-electron chi connectivity index (χ3n) is 14.5. The van der Waals surface area contributed by atoms with Crippen molar-refractivity contribution in [3.63, 3.8) is 0 Å². The summed E-state index contributed by atoms with van der Waals surface area (Å²) >= 11 is 1.62. The van der Waals surface area contributed by atoms with Crippen LogP contribution in [0.3, 0.4) is 0 Å². The van der Waals surface area contributed by atoms with Gasteiger partial charge in [-0.3, -0.25) is 14.6 Å². The Morgan fingerprint density at radius 1 is 0.930 bits per heavy atom. The minimum absolute atomic E-state index is 0.218. The number of benzene rings is 3. The van der Waals surface area contributed by atoms with E-state index in [1.54, 1.807) is 11.3 Å². The van der Waals surface area contributed by atoms with Gasteiger partial charge in [-0.15, -0.1) is 0 Å². The van der Waals surface area contributed by atoms with Crippen molar-refractivity contribution in [2.24, 2.45) is 13.0 Å². The van der Waals surface area contributed by atoms with Crippen LogP contribution in [0.2, 0.25) is 0 Å². The number of allylic oxidation sites excluding steroid dienone is 2. The van der Waals surface area contributed by atoms with Crippen LogP contribution in [0, 0.1) is 12.8 Å². The minimum Gasteiger partial charge on any atom is -0.363 e. The first-order valence-corrected chi connectivity index (χ1v) is 26.2. The third-order valence-corrected chi connectivity index (χ3v) is 15.5. The molecular weight excluding hydrogens is 893 g/mol. The highest BCUT2D eigenvalue weighted by Gasteiger charge is 2.27. The number of aromatic nitrogens is 5. The molecule has 11 heteroatoms. The minimum atomic E-state index is 0.218. The van der Waals surface area contributed by atoms with Crippen LogP contribution in [-0.4, -0.2) is 55.3 Å². The lowest BCUT2D eigenvalue weighted by Gasteiger charge is -2.36. The highest BCUT2D eigenvalue weighted by Crippen LogP contribution is 2.38. The molecule has 4 aromatic heterocycles. The van der Waals surface area contributed by atoms with E-state index in [-0.39, 0.29) is 5.92 Å². The second-order valence-electron chi connectivity index (χ2n) is 19.9. The molecule has 10 nitrogen and oxygen atoms in total. The maximum absolute atomic E-state index is 5.08. The summed E-state index contributed by atoms with van der Waals surface area (Å²) in [4.78, 5) is 19.4. The van der Waals surface area contributed by atoms with E-state index in [4.69, 9.17) is 20.1 Å². The monoisotopic (exact) mass is 963 g/mol. The lowest BCUT2D eigenvalue weighted by atomic mass is 9.90. The Labute approximate surface area is 425 Å². The zero-order valence-corrected chi connectivity index (χ0v) is 43.3. The van der Waals surface area contributed by atoms with Crippen molar-refractivity contribution in [1.29, 1.82) is 0 Å². The predicted molar refractivity (Wildman–Crippen MR) is 301 cm³/mol. The number of aryl methyl sites for hydroxylation is 3. The number of hydrogen-bond donors (Lipinski definition) is 3. The number of nitrogens with zero attached hydrogens (tertiary/aromatic N) is 7. The highest BCUT2D eigenvalue weighted by molar-refractivity contribution is 7.22. The molecule has 10 rings (SSSR count). The molecule has 7 aromatic rings. The molecule has 0 amide bonds. The summed E-state index contributed by atoms with van der Waals surface area (Å²) in [6, 6.07) is 28.5. The van der Waals surface area contributed by atoms with Crippen molar-refractivity contribution in [3.8, 4) is 11.1 Å². The Morgan fingerprint density at radius 3 is 2.54 bits per heavy atom. The summed E-state index contributed by atoms with van der Waals surface area (Å²) < 4.78 is 3.12. The molecule has 71 heavy (non-hydrogen) atoms. The van der Waals surface area contributed by atoms with Crippen LogP contribution >= 0.6 is 11.3 Å². The third kappa shape index (κ3) is 11.1. The van der Waals surface area contributed by atoms with E-state index in [0.29, 0.717) is 12.6 Å². The fraction of sp³-hybridized carbons (Fsp3) is 0.333. The van der Waals surface area contributed by atoms with E-state index < -0.39 is 0 Å². The van der Waals surface area contributed by atoms with Crippen LogP contribution in [0.1, 0.15) is 105 Å². The van der Waals surface area contributed by atoms with Gasteiger partial charge in [0.05, 0.1) is 38.5 Å². The maximum atomic E-state index is 5.08. The molecule has 7 heterocycles. The van der Waals surface area contributed by atoms with Gasteiger partial charge in [0.1, 0.15) is 5.82 Å². The van der Waals surface area contributed by atoms with E-state index in [2.05, 4.69) is 147 Å². The normalized spacial score (nSPS) is 18.1. The molecule has 2 saturated heterocycles. The van der Waals surface area contributed by atoms with Crippen molar-refractivity contribution in [3.05, 3.63) is 174 Å². The van der Waals surface area contributed by atoms with E-state index in [0.717, 1.165) is 129 Å². The number of nitrogens with one attached hydrogen (secondary N) is 3. The fourth-order valence-corrected chi connectivity index (χ4v) is 11.5. The molecule has 3 aliphatic heterocycles. The van der Waals surface area contributed by atoms with Crippen LogP contribution in [0.4, 0.5) is 16.6 Å². The zero-order chi connectivity index (χ0) is 49.8. The first-order chi connectivity index (χ1) is 34.3. The van der Waals surface area contributed by atoms with Crippen LogP contribution in [-0.2, 0) is 26.4 Å². The van der Waals surface area contributed by atoms with E-state index in [1.807, 2.05) is 42.2 Å². The Kier molecular flexibility index (Phi) is 15.0. The van der Waals surface area contributed by atoms with Crippen molar-refractivity contribution < 1.29 is 0 Å². The molecule has 3 aliphatic rings. The molecular formula is C60H70N10S. The van der Waals surface area contributed by atoms with Gasteiger partial charge in [-0.05, 0) is 148 Å².